The van der Waals surface area contributed by atoms with E-state index in [1.54, 1.807) is 5.57 Å². The van der Waals surface area contributed by atoms with Crippen molar-refractivity contribution in [1.29, 1.82) is 0 Å². The molecule has 1 aliphatic carbocycles. The SMILES string of the molecule is C1=CC([C@@H]2CCNC2)=CCC1. The lowest BCUT2D eigenvalue weighted by atomic mass is 9.94. The van der Waals surface area contributed by atoms with Gasteiger partial charge in [0.2, 0.25) is 0 Å². The van der Waals surface area contributed by atoms with Gasteiger partial charge in [-0.1, -0.05) is 18.2 Å². The van der Waals surface area contributed by atoms with E-state index in [2.05, 4.69) is 23.5 Å². The van der Waals surface area contributed by atoms with Crippen molar-refractivity contribution in [3.8, 4) is 0 Å². The highest BCUT2D eigenvalue weighted by molar-refractivity contribution is 5.25. The minimum absolute atomic E-state index is 0.812. The topological polar surface area (TPSA) is 12.0 Å². The average Bonchev–Trinajstić information content (AvgIpc) is 2.58. The Morgan fingerprint density at radius 3 is 3.00 bits per heavy atom. The van der Waals surface area contributed by atoms with Gasteiger partial charge < -0.3 is 5.32 Å². The molecular weight excluding hydrogens is 134 g/mol. The summed E-state index contributed by atoms with van der Waals surface area (Å²) >= 11 is 0. The van der Waals surface area contributed by atoms with E-state index in [-0.39, 0.29) is 0 Å². The third-order valence-electron chi connectivity index (χ3n) is 2.56. The lowest BCUT2D eigenvalue weighted by Gasteiger charge is -2.12. The van der Waals surface area contributed by atoms with Crippen LogP contribution in [0.15, 0.2) is 23.8 Å². The second-order valence-corrected chi connectivity index (χ2v) is 3.37. The first kappa shape index (κ1) is 7.11. The number of allylic oxidation sites excluding steroid dienone is 3. The molecule has 0 aromatic carbocycles. The summed E-state index contributed by atoms with van der Waals surface area (Å²) in [6.07, 6.45) is 10.8. The molecule has 2 rings (SSSR count). The summed E-state index contributed by atoms with van der Waals surface area (Å²) in [5, 5.41) is 3.39. The van der Waals surface area contributed by atoms with Gasteiger partial charge in [-0.2, -0.15) is 0 Å². The van der Waals surface area contributed by atoms with E-state index in [1.165, 1.54) is 32.4 Å². The molecule has 0 aromatic rings. The van der Waals surface area contributed by atoms with Crippen LogP contribution in [0.5, 0.6) is 0 Å². The van der Waals surface area contributed by atoms with Gasteiger partial charge in [0.25, 0.3) is 0 Å². The largest absolute Gasteiger partial charge is 0.316 e. The quantitative estimate of drug-likeness (QED) is 0.600. The second kappa shape index (κ2) is 3.22. The van der Waals surface area contributed by atoms with Crippen molar-refractivity contribution < 1.29 is 0 Å². The lowest BCUT2D eigenvalue weighted by Crippen LogP contribution is -2.10. The van der Waals surface area contributed by atoms with Crippen LogP contribution in [0.2, 0.25) is 0 Å². The Balaban J connectivity index is 2.02. The van der Waals surface area contributed by atoms with Crippen molar-refractivity contribution >= 4 is 0 Å². The zero-order chi connectivity index (χ0) is 7.52. The summed E-state index contributed by atoms with van der Waals surface area (Å²) in [5.41, 5.74) is 1.57. The van der Waals surface area contributed by atoms with E-state index in [4.69, 9.17) is 0 Å². The molecular formula is C10H15N. The zero-order valence-electron chi connectivity index (χ0n) is 6.84. The summed E-state index contributed by atoms with van der Waals surface area (Å²) in [4.78, 5) is 0. The number of nitrogens with one attached hydrogen (secondary N) is 1. The fraction of sp³-hybridized carbons (Fsp3) is 0.600. The molecule has 1 fully saturated rings. The maximum absolute atomic E-state index is 3.39. The Labute approximate surface area is 68.2 Å². The van der Waals surface area contributed by atoms with E-state index in [0.717, 1.165) is 5.92 Å². The molecule has 11 heavy (non-hydrogen) atoms. The van der Waals surface area contributed by atoms with Crippen molar-refractivity contribution in [2.24, 2.45) is 5.92 Å². The van der Waals surface area contributed by atoms with Gasteiger partial charge in [-0.25, -0.2) is 0 Å². The van der Waals surface area contributed by atoms with Gasteiger partial charge in [0.1, 0.15) is 0 Å². The van der Waals surface area contributed by atoms with Crippen LogP contribution >= 0.6 is 0 Å². The Morgan fingerprint density at radius 2 is 2.36 bits per heavy atom. The molecule has 1 N–H and O–H groups in total. The minimum atomic E-state index is 0.812. The summed E-state index contributed by atoms with van der Waals surface area (Å²) in [7, 11) is 0. The molecule has 1 heterocycles. The van der Waals surface area contributed by atoms with Crippen LogP contribution in [-0.4, -0.2) is 13.1 Å². The molecule has 1 heteroatoms. The first-order valence-electron chi connectivity index (χ1n) is 4.54. The lowest BCUT2D eigenvalue weighted by molar-refractivity contribution is 0.688. The molecule has 0 aromatic heterocycles. The van der Waals surface area contributed by atoms with Crippen LogP contribution in [0.1, 0.15) is 19.3 Å². The molecule has 1 aliphatic heterocycles. The smallest absolute Gasteiger partial charge is 0.00205 e. The number of hydrogen-bond donors (Lipinski definition) is 1. The van der Waals surface area contributed by atoms with Gasteiger partial charge in [-0.15, -0.1) is 0 Å². The van der Waals surface area contributed by atoms with E-state index >= 15 is 0 Å². The fourth-order valence-corrected chi connectivity index (χ4v) is 1.88. The molecule has 0 radical (unpaired) electrons. The Kier molecular flexibility index (Phi) is 2.08. The van der Waals surface area contributed by atoms with Gasteiger partial charge in [0.15, 0.2) is 0 Å². The predicted octanol–water partition coefficient (Wildman–Crippen LogP) is 1.87. The van der Waals surface area contributed by atoms with E-state index in [1.807, 2.05) is 0 Å². The van der Waals surface area contributed by atoms with Gasteiger partial charge >= 0.3 is 0 Å². The Bertz CT molecular complexity index is 185. The fourth-order valence-electron chi connectivity index (χ4n) is 1.88. The molecule has 2 aliphatic rings. The Hall–Kier alpha value is -0.560. The van der Waals surface area contributed by atoms with Crippen molar-refractivity contribution in [2.45, 2.75) is 19.3 Å². The molecule has 0 saturated carbocycles. The molecule has 60 valence electrons. The standard InChI is InChI=1S/C10H15N/c1-2-4-9(5-3-1)10-6-7-11-8-10/h2,4-5,10-11H,1,3,6-8H2/t10-/m1/s1. The van der Waals surface area contributed by atoms with Gasteiger partial charge in [-0.3, -0.25) is 0 Å². The normalized spacial score (nSPS) is 30.5. The number of hydrogen-bond acceptors (Lipinski definition) is 1. The summed E-state index contributed by atoms with van der Waals surface area (Å²) in [6, 6.07) is 0. The highest BCUT2D eigenvalue weighted by Crippen LogP contribution is 2.22. The molecule has 1 saturated heterocycles. The summed E-state index contributed by atoms with van der Waals surface area (Å²) in [5.74, 6) is 0.812. The Morgan fingerprint density at radius 1 is 1.36 bits per heavy atom. The molecule has 1 atom stereocenters. The van der Waals surface area contributed by atoms with Gasteiger partial charge in [0, 0.05) is 6.54 Å². The third-order valence-corrected chi connectivity index (χ3v) is 2.56. The van der Waals surface area contributed by atoms with E-state index < -0.39 is 0 Å². The monoisotopic (exact) mass is 149 g/mol. The van der Waals surface area contributed by atoms with Gasteiger partial charge in [0.05, 0.1) is 0 Å². The summed E-state index contributed by atoms with van der Waals surface area (Å²) in [6.45, 7) is 2.39. The molecule has 0 bridgehead atoms. The van der Waals surface area contributed by atoms with E-state index in [0.29, 0.717) is 0 Å². The third kappa shape index (κ3) is 1.54. The molecule has 0 unspecified atom stereocenters. The van der Waals surface area contributed by atoms with Crippen molar-refractivity contribution in [1.82, 2.24) is 5.32 Å². The maximum Gasteiger partial charge on any atom is 0.00205 e. The first-order valence-corrected chi connectivity index (χ1v) is 4.54. The first-order chi connectivity index (χ1) is 5.47. The second-order valence-electron chi connectivity index (χ2n) is 3.37. The molecule has 0 amide bonds. The zero-order valence-corrected chi connectivity index (χ0v) is 6.84. The van der Waals surface area contributed by atoms with Crippen LogP contribution < -0.4 is 5.32 Å². The van der Waals surface area contributed by atoms with Crippen LogP contribution in [0.25, 0.3) is 0 Å². The van der Waals surface area contributed by atoms with Gasteiger partial charge in [-0.05, 0) is 37.3 Å². The average molecular weight is 149 g/mol. The number of rotatable bonds is 1. The van der Waals surface area contributed by atoms with E-state index in [9.17, 15) is 0 Å². The molecule has 1 nitrogen and oxygen atoms in total. The minimum Gasteiger partial charge on any atom is -0.316 e. The van der Waals surface area contributed by atoms with Crippen molar-refractivity contribution in [2.75, 3.05) is 13.1 Å². The van der Waals surface area contributed by atoms with Crippen LogP contribution in [0.3, 0.4) is 0 Å². The van der Waals surface area contributed by atoms with Crippen molar-refractivity contribution in [3.63, 3.8) is 0 Å². The van der Waals surface area contributed by atoms with Crippen molar-refractivity contribution in [3.05, 3.63) is 23.8 Å². The van der Waals surface area contributed by atoms with Crippen LogP contribution in [0, 0.1) is 5.92 Å². The predicted molar refractivity (Wildman–Crippen MR) is 47.4 cm³/mol. The van der Waals surface area contributed by atoms with Crippen LogP contribution in [-0.2, 0) is 0 Å². The highest BCUT2D eigenvalue weighted by atomic mass is 14.9. The highest BCUT2D eigenvalue weighted by Gasteiger charge is 2.17. The van der Waals surface area contributed by atoms with Crippen LogP contribution in [0.4, 0.5) is 0 Å². The summed E-state index contributed by atoms with van der Waals surface area (Å²) < 4.78 is 0. The maximum atomic E-state index is 3.39. The molecule has 0 spiro atoms.